The van der Waals surface area contributed by atoms with Crippen molar-refractivity contribution in [2.24, 2.45) is 0 Å². The van der Waals surface area contributed by atoms with Gasteiger partial charge >= 0.3 is 0 Å². The molecule has 4 heteroatoms. The molecule has 0 fully saturated rings. The number of ether oxygens (including phenoxy) is 1. The summed E-state index contributed by atoms with van der Waals surface area (Å²) in [4.78, 5) is 4.43. The number of nitrogens with zero attached hydrogens (tertiary/aromatic N) is 2. The Balaban J connectivity index is 1.70. The topological polar surface area (TPSA) is 26.5 Å². The molecule has 0 aliphatic rings. The van der Waals surface area contributed by atoms with Gasteiger partial charge in [-0.1, -0.05) is 18.2 Å². The van der Waals surface area contributed by atoms with Gasteiger partial charge in [0, 0.05) is 17.1 Å². The number of pyridine rings is 1. The zero-order valence-electron chi connectivity index (χ0n) is 10.3. The molecule has 0 saturated carbocycles. The van der Waals surface area contributed by atoms with Crippen LogP contribution in [0.4, 0.5) is 0 Å². The Morgan fingerprint density at radius 2 is 1.95 bits per heavy atom. The monoisotopic (exact) mass is 316 g/mol. The molecule has 0 atom stereocenters. The van der Waals surface area contributed by atoms with Gasteiger partial charge in [-0.2, -0.15) is 0 Å². The summed E-state index contributed by atoms with van der Waals surface area (Å²) < 4.78 is 8.82. The van der Waals surface area contributed by atoms with Gasteiger partial charge in [0.05, 0.1) is 18.3 Å². The summed E-state index contributed by atoms with van der Waals surface area (Å²) >= 11 is 3.48. The van der Waals surface area contributed by atoms with Crippen LogP contribution < -0.4 is 4.74 Å². The van der Waals surface area contributed by atoms with Gasteiger partial charge in [0.1, 0.15) is 11.6 Å². The average Bonchev–Trinajstić information content (AvgIpc) is 2.83. The number of halogens is 1. The Morgan fingerprint density at radius 1 is 1.11 bits per heavy atom. The quantitative estimate of drug-likeness (QED) is 0.733. The second kappa shape index (κ2) is 5.45. The Bertz CT molecular complexity index is 679. The molecule has 0 unspecified atom stereocenters. The predicted molar refractivity (Wildman–Crippen MR) is 78.5 cm³/mol. The Labute approximate surface area is 120 Å². The largest absolute Gasteiger partial charge is 0.493 e. The maximum Gasteiger partial charge on any atom is 0.119 e. The van der Waals surface area contributed by atoms with Crippen molar-refractivity contribution in [1.29, 1.82) is 0 Å². The van der Waals surface area contributed by atoms with Crippen LogP contribution in [0.1, 0.15) is 5.82 Å². The normalized spacial score (nSPS) is 10.8. The first-order chi connectivity index (χ1) is 9.33. The van der Waals surface area contributed by atoms with E-state index < -0.39 is 0 Å². The summed E-state index contributed by atoms with van der Waals surface area (Å²) in [5.74, 6) is 1.90. The Hall–Kier alpha value is -1.81. The summed E-state index contributed by atoms with van der Waals surface area (Å²) in [6.07, 6.45) is 4.68. The van der Waals surface area contributed by atoms with E-state index in [-0.39, 0.29) is 0 Å². The van der Waals surface area contributed by atoms with Crippen LogP contribution in [0.15, 0.2) is 59.3 Å². The zero-order chi connectivity index (χ0) is 13.1. The van der Waals surface area contributed by atoms with Gasteiger partial charge in [-0.25, -0.2) is 4.98 Å². The highest BCUT2D eigenvalue weighted by Crippen LogP contribution is 2.15. The van der Waals surface area contributed by atoms with E-state index in [9.17, 15) is 0 Å². The zero-order valence-corrected chi connectivity index (χ0v) is 11.9. The fraction of sp³-hybridized carbons (Fsp3) is 0.133. The third kappa shape index (κ3) is 2.79. The minimum Gasteiger partial charge on any atom is -0.493 e. The van der Waals surface area contributed by atoms with E-state index in [2.05, 4.69) is 25.3 Å². The molecule has 0 saturated heterocycles. The second-order valence-corrected chi connectivity index (χ2v) is 5.14. The molecule has 0 amide bonds. The number of fused-ring (bicyclic) bond motifs is 1. The molecule has 0 radical (unpaired) electrons. The van der Waals surface area contributed by atoms with Crippen LogP contribution in [0.3, 0.4) is 0 Å². The Kier molecular flexibility index (Phi) is 3.51. The second-order valence-electron chi connectivity index (χ2n) is 4.23. The number of aromatic nitrogens is 2. The minimum absolute atomic E-state index is 0.621. The van der Waals surface area contributed by atoms with E-state index in [0.717, 1.165) is 28.0 Å². The van der Waals surface area contributed by atoms with E-state index in [1.165, 1.54) is 0 Å². The van der Waals surface area contributed by atoms with Crippen molar-refractivity contribution in [3.8, 4) is 5.75 Å². The fourth-order valence-electron chi connectivity index (χ4n) is 1.98. The average molecular weight is 317 g/mol. The first-order valence-corrected chi connectivity index (χ1v) is 6.91. The van der Waals surface area contributed by atoms with E-state index in [4.69, 9.17) is 4.74 Å². The number of hydrogen-bond acceptors (Lipinski definition) is 2. The van der Waals surface area contributed by atoms with Crippen LogP contribution in [0.25, 0.3) is 5.52 Å². The van der Waals surface area contributed by atoms with Gasteiger partial charge in [-0.15, -0.1) is 0 Å². The molecule has 1 aromatic carbocycles. The number of imidazole rings is 1. The van der Waals surface area contributed by atoms with Gasteiger partial charge in [0.25, 0.3) is 0 Å². The number of hydrogen-bond donors (Lipinski definition) is 0. The third-order valence-corrected chi connectivity index (χ3v) is 3.37. The maximum atomic E-state index is 5.69. The standard InChI is InChI=1S/C15H13BrN2O/c16-12-6-7-13-10-17-15(18(13)11-12)8-9-19-14-4-2-1-3-5-14/h1-7,10-11H,8-9H2. The van der Waals surface area contributed by atoms with Gasteiger partial charge in [0.15, 0.2) is 0 Å². The van der Waals surface area contributed by atoms with Crippen molar-refractivity contribution in [2.75, 3.05) is 6.61 Å². The summed E-state index contributed by atoms with van der Waals surface area (Å²) in [5, 5.41) is 0. The van der Waals surface area contributed by atoms with Crippen molar-refractivity contribution in [1.82, 2.24) is 9.38 Å². The van der Waals surface area contributed by atoms with Crippen LogP contribution in [-0.4, -0.2) is 16.0 Å². The van der Waals surface area contributed by atoms with Gasteiger partial charge in [0.2, 0.25) is 0 Å². The third-order valence-electron chi connectivity index (χ3n) is 2.91. The fourth-order valence-corrected chi connectivity index (χ4v) is 2.32. The lowest BCUT2D eigenvalue weighted by molar-refractivity contribution is 0.318. The summed E-state index contributed by atoms with van der Waals surface area (Å²) in [6.45, 7) is 0.621. The smallest absolute Gasteiger partial charge is 0.119 e. The van der Waals surface area contributed by atoms with Crippen LogP contribution in [-0.2, 0) is 6.42 Å². The molecule has 2 heterocycles. The molecule has 0 bridgehead atoms. The lowest BCUT2D eigenvalue weighted by Crippen LogP contribution is -2.04. The van der Waals surface area contributed by atoms with Gasteiger partial charge < -0.3 is 9.14 Å². The van der Waals surface area contributed by atoms with E-state index in [1.807, 2.05) is 54.9 Å². The van der Waals surface area contributed by atoms with Crippen molar-refractivity contribution in [3.63, 3.8) is 0 Å². The first kappa shape index (κ1) is 12.2. The molecule has 0 aliphatic heterocycles. The van der Waals surface area contributed by atoms with E-state index >= 15 is 0 Å². The number of para-hydroxylation sites is 1. The highest BCUT2D eigenvalue weighted by Gasteiger charge is 2.04. The lowest BCUT2D eigenvalue weighted by Gasteiger charge is -2.05. The Morgan fingerprint density at radius 3 is 2.79 bits per heavy atom. The lowest BCUT2D eigenvalue weighted by atomic mass is 10.3. The molecule has 0 spiro atoms. The molecule has 0 aliphatic carbocycles. The van der Waals surface area contributed by atoms with Gasteiger partial charge in [-0.3, -0.25) is 0 Å². The van der Waals surface area contributed by atoms with Gasteiger partial charge in [-0.05, 0) is 40.2 Å². The maximum absolute atomic E-state index is 5.69. The molecule has 3 rings (SSSR count). The number of rotatable bonds is 4. The van der Waals surface area contributed by atoms with E-state index in [0.29, 0.717) is 6.61 Å². The van der Waals surface area contributed by atoms with Crippen molar-refractivity contribution < 1.29 is 4.74 Å². The highest BCUT2D eigenvalue weighted by atomic mass is 79.9. The molecule has 3 nitrogen and oxygen atoms in total. The molecule has 19 heavy (non-hydrogen) atoms. The van der Waals surface area contributed by atoms with Crippen molar-refractivity contribution in [2.45, 2.75) is 6.42 Å². The molecule has 2 aromatic heterocycles. The molecule has 96 valence electrons. The SMILES string of the molecule is Brc1ccc2cnc(CCOc3ccccc3)n2c1. The first-order valence-electron chi connectivity index (χ1n) is 6.12. The van der Waals surface area contributed by atoms with E-state index in [1.54, 1.807) is 0 Å². The van der Waals surface area contributed by atoms with Crippen LogP contribution in [0.2, 0.25) is 0 Å². The van der Waals surface area contributed by atoms with Crippen LogP contribution in [0, 0.1) is 0 Å². The molecule has 0 N–H and O–H groups in total. The van der Waals surface area contributed by atoms with Crippen LogP contribution in [0.5, 0.6) is 5.75 Å². The minimum atomic E-state index is 0.621. The number of benzene rings is 1. The summed E-state index contributed by atoms with van der Waals surface area (Å²) in [6, 6.07) is 13.9. The predicted octanol–water partition coefficient (Wildman–Crippen LogP) is 3.72. The van der Waals surface area contributed by atoms with Crippen molar-refractivity contribution >= 4 is 21.4 Å². The molecular weight excluding hydrogens is 304 g/mol. The summed E-state index contributed by atoms with van der Waals surface area (Å²) in [5.41, 5.74) is 1.10. The molecule has 3 aromatic rings. The molecular formula is C15H13BrN2O. The highest BCUT2D eigenvalue weighted by molar-refractivity contribution is 9.10. The van der Waals surface area contributed by atoms with Crippen molar-refractivity contribution in [3.05, 3.63) is 65.2 Å². The summed E-state index contributed by atoms with van der Waals surface area (Å²) in [7, 11) is 0. The van der Waals surface area contributed by atoms with Crippen LogP contribution >= 0.6 is 15.9 Å².